The number of carbonyl (C=O) groups excluding carboxylic acids is 1. The lowest BCUT2D eigenvalue weighted by molar-refractivity contribution is 0.0730. The number of amides is 1. The second kappa shape index (κ2) is 9.46. The Morgan fingerprint density at radius 2 is 1.73 bits per heavy atom. The minimum absolute atomic E-state index is 0.0486. The molecule has 0 bridgehead atoms. The second-order valence-corrected chi connectivity index (χ2v) is 8.78. The topological polar surface area (TPSA) is 94.2 Å². The maximum atomic E-state index is 13.0. The van der Waals surface area contributed by atoms with E-state index in [0.29, 0.717) is 19.0 Å². The summed E-state index contributed by atoms with van der Waals surface area (Å²) in [6, 6.07) is 11.4. The molecule has 1 heterocycles. The van der Waals surface area contributed by atoms with Crippen LogP contribution in [0, 0.1) is 0 Å². The summed E-state index contributed by atoms with van der Waals surface area (Å²) in [6.45, 7) is 3.11. The van der Waals surface area contributed by atoms with E-state index in [9.17, 15) is 13.2 Å². The van der Waals surface area contributed by atoms with Crippen molar-refractivity contribution in [2.24, 2.45) is 0 Å². The molecule has 0 radical (unpaired) electrons. The van der Waals surface area contributed by atoms with E-state index in [1.54, 1.807) is 7.11 Å². The number of hydrogen-bond acceptors (Lipinski definition) is 6. The number of methoxy groups -OCH3 is 2. The van der Waals surface area contributed by atoms with Crippen molar-refractivity contribution >= 4 is 15.9 Å². The molecule has 0 aliphatic carbocycles. The van der Waals surface area contributed by atoms with Crippen LogP contribution in [0.15, 0.2) is 47.4 Å². The summed E-state index contributed by atoms with van der Waals surface area (Å²) in [7, 11) is -0.700. The fraction of sp³-hybridized carbons (Fsp3) is 0.381. The number of carbonyl (C=O) groups is 1. The third-order valence-electron chi connectivity index (χ3n) is 4.99. The summed E-state index contributed by atoms with van der Waals surface area (Å²) >= 11 is 0. The van der Waals surface area contributed by atoms with Gasteiger partial charge in [0.25, 0.3) is 5.91 Å². The van der Waals surface area contributed by atoms with Crippen LogP contribution in [0.1, 0.15) is 28.9 Å². The highest BCUT2D eigenvalue weighted by Gasteiger charge is 2.28. The molecule has 1 amide bonds. The monoisotopic (exact) mass is 434 g/mol. The van der Waals surface area contributed by atoms with Crippen LogP contribution >= 0.6 is 0 Å². The number of morpholine rings is 1. The van der Waals surface area contributed by atoms with Crippen molar-refractivity contribution in [3.05, 3.63) is 53.6 Å². The zero-order chi connectivity index (χ0) is 21.7. The molecule has 0 saturated carbocycles. The van der Waals surface area contributed by atoms with Crippen molar-refractivity contribution < 1.29 is 27.4 Å². The van der Waals surface area contributed by atoms with Crippen molar-refractivity contribution in [3.63, 3.8) is 0 Å². The van der Waals surface area contributed by atoms with Crippen LogP contribution in [0.25, 0.3) is 0 Å². The molecule has 0 spiro atoms. The van der Waals surface area contributed by atoms with Crippen LogP contribution in [-0.4, -0.2) is 59.2 Å². The number of sulfonamides is 1. The molecule has 3 rings (SSSR count). The molecule has 0 unspecified atom stereocenters. The Labute approximate surface area is 176 Å². The van der Waals surface area contributed by atoms with E-state index in [2.05, 4.69) is 5.32 Å². The molecule has 1 fully saturated rings. The summed E-state index contributed by atoms with van der Waals surface area (Å²) < 4.78 is 42.9. The molecule has 1 aliphatic rings. The summed E-state index contributed by atoms with van der Waals surface area (Å²) in [4.78, 5) is 13.0. The van der Waals surface area contributed by atoms with Gasteiger partial charge in [-0.15, -0.1) is 0 Å². The van der Waals surface area contributed by atoms with Crippen LogP contribution in [0.3, 0.4) is 0 Å². The van der Waals surface area contributed by atoms with Crippen LogP contribution < -0.4 is 14.8 Å². The molecular weight excluding hydrogens is 408 g/mol. The molecule has 1 atom stereocenters. The van der Waals surface area contributed by atoms with E-state index in [4.69, 9.17) is 14.2 Å². The van der Waals surface area contributed by atoms with Crippen molar-refractivity contribution in [3.8, 4) is 11.5 Å². The molecule has 8 nitrogen and oxygen atoms in total. The Morgan fingerprint density at radius 3 is 2.33 bits per heavy atom. The first-order chi connectivity index (χ1) is 14.4. The number of hydrogen-bond donors (Lipinski definition) is 1. The van der Waals surface area contributed by atoms with Gasteiger partial charge in [0, 0.05) is 13.1 Å². The second-order valence-electron chi connectivity index (χ2n) is 6.85. The van der Waals surface area contributed by atoms with Crippen LogP contribution in [0.4, 0.5) is 0 Å². The van der Waals surface area contributed by atoms with Gasteiger partial charge < -0.3 is 19.5 Å². The Kier molecular flexibility index (Phi) is 6.96. The maximum Gasteiger partial charge on any atom is 0.255 e. The molecule has 30 heavy (non-hydrogen) atoms. The van der Waals surface area contributed by atoms with Gasteiger partial charge in [0.15, 0.2) is 0 Å². The number of ether oxygens (including phenoxy) is 3. The maximum absolute atomic E-state index is 13.0. The fourth-order valence-corrected chi connectivity index (χ4v) is 4.65. The van der Waals surface area contributed by atoms with E-state index in [-0.39, 0.29) is 29.6 Å². The largest absolute Gasteiger partial charge is 0.497 e. The Bertz CT molecular complexity index is 985. The first-order valence-corrected chi connectivity index (χ1v) is 11.0. The molecule has 1 saturated heterocycles. The molecule has 2 aromatic rings. The standard InChI is InChI=1S/C21H26N2O6S/c1-15(16-4-6-17(27-2)7-5-16)22-21(24)19-14-18(8-9-20(19)28-3)30(25,26)23-10-12-29-13-11-23/h4-9,14-15H,10-13H2,1-3H3,(H,22,24)/t15-/m0/s1. The molecule has 0 aromatic heterocycles. The van der Waals surface area contributed by atoms with Crippen LogP contribution in [-0.2, 0) is 14.8 Å². The number of nitrogens with zero attached hydrogens (tertiary/aromatic N) is 1. The van der Waals surface area contributed by atoms with Gasteiger partial charge in [-0.05, 0) is 42.8 Å². The molecule has 162 valence electrons. The molecular formula is C21H26N2O6S. The third kappa shape index (κ3) is 4.75. The highest BCUT2D eigenvalue weighted by atomic mass is 32.2. The molecule has 1 N–H and O–H groups in total. The quantitative estimate of drug-likeness (QED) is 0.718. The number of rotatable bonds is 7. The smallest absolute Gasteiger partial charge is 0.255 e. The average molecular weight is 435 g/mol. The van der Waals surface area contributed by atoms with Gasteiger partial charge in [-0.2, -0.15) is 4.31 Å². The van der Waals surface area contributed by atoms with Gasteiger partial charge in [-0.1, -0.05) is 12.1 Å². The third-order valence-corrected chi connectivity index (χ3v) is 6.88. The zero-order valence-electron chi connectivity index (χ0n) is 17.3. The first kappa shape index (κ1) is 22.1. The summed E-state index contributed by atoms with van der Waals surface area (Å²) in [6.07, 6.45) is 0. The van der Waals surface area contributed by atoms with Gasteiger partial charge >= 0.3 is 0 Å². The van der Waals surface area contributed by atoms with Gasteiger partial charge in [0.2, 0.25) is 10.0 Å². The van der Waals surface area contributed by atoms with E-state index in [1.165, 1.54) is 29.6 Å². The van der Waals surface area contributed by atoms with Crippen LogP contribution in [0.5, 0.6) is 11.5 Å². The fourth-order valence-electron chi connectivity index (χ4n) is 3.21. The van der Waals surface area contributed by atoms with E-state index < -0.39 is 15.9 Å². The Morgan fingerprint density at radius 1 is 1.07 bits per heavy atom. The van der Waals surface area contributed by atoms with Crippen molar-refractivity contribution in [1.82, 2.24) is 9.62 Å². The van der Waals surface area contributed by atoms with Gasteiger partial charge in [-0.25, -0.2) is 8.42 Å². The molecule has 1 aliphatic heterocycles. The lowest BCUT2D eigenvalue weighted by Gasteiger charge is -2.26. The van der Waals surface area contributed by atoms with Crippen molar-refractivity contribution in [2.75, 3.05) is 40.5 Å². The Balaban J connectivity index is 1.84. The lowest BCUT2D eigenvalue weighted by atomic mass is 10.1. The predicted octanol–water partition coefficient (Wildman–Crippen LogP) is 2.22. The average Bonchev–Trinajstić information content (AvgIpc) is 2.79. The molecule has 9 heteroatoms. The van der Waals surface area contributed by atoms with Crippen molar-refractivity contribution in [2.45, 2.75) is 17.9 Å². The summed E-state index contributed by atoms with van der Waals surface area (Å²) in [5, 5.41) is 2.89. The van der Waals surface area contributed by atoms with E-state index in [1.807, 2.05) is 31.2 Å². The summed E-state index contributed by atoms with van der Waals surface area (Å²) in [5.41, 5.74) is 1.05. The first-order valence-electron chi connectivity index (χ1n) is 9.57. The van der Waals surface area contributed by atoms with Crippen molar-refractivity contribution in [1.29, 1.82) is 0 Å². The van der Waals surface area contributed by atoms with Gasteiger partial charge in [0.1, 0.15) is 11.5 Å². The lowest BCUT2D eigenvalue weighted by Crippen LogP contribution is -2.40. The van der Waals surface area contributed by atoms with Gasteiger partial charge in [-0.3, -0.25) is 4.79 Å². The number of nitrogens with one attached hydrogen (secondary N) is 1. The Hall–Kier alpha value is -2.62. The minimum Gasteiger partial charge on any atom is -0.497 e. The normalized spacial score (nSPS) is 16.0. The SMILES string of the molecule is COc1ccc([C@H](C)NC(=O)c2cc(S(=O)(=O)N3CCOCC3)ccc2OC)cc1. The van der Waals surface area contributed by atoms with Gasteiger partial charge in [0.05, 0.1) is 43.9 Å². The number of benzene rings is 2. The van der Waals surface area contributed by atoms with E-state index in [0.717, 1.165) is 11.3 Å². The van der Waals surface area contributed by atoms with Crippen LogP contribution in [0.2, 0.25) is 0 Å². The highest BCUT2D eigenvalue weighted by Crippen LogP contribution is 2.26. The highest BCUT2D eigenvalue weighted by molar-refractivity contribution is 7.89. The summed E-state index contributed by atoms with van der Waals surface area (Å²) in [5.74, 6) is 0.601. The predicted molar refractivity (Wildman–Crippen MR) is 111 cm³/mol. The van der Waals surface area contributed by atoms with E-state index >= 15 is 0 Å². The minimum atomic E-state index is -3.73. The molecule has 2 aromatic carbocycles. The zero-order valence-corrected chi connectivity index (χ0v) is 18.1.